The number of aromatic nitrogens is 1. The van der Waals surface area contributed by atoms with Crippen LogP contribution in [0, 0.1) is 5.82 Å². The third kappa shape index (κ3) is 5.85. The van der Waals surface area contributed by atoms with Crippen LogP contribution in [0.4, 0.5) is 4.39 Å². The molecule has 0 saturated heterocycles. The van der Waals surface area contributed by atoms with Crippen molar-refractivity contribution in [1.82, 2.24) is 4.98 Å². The van der Waals surface area contributed by atoms with Gasteiger partial charge in [0, 0.05) is 42.2 Å². The number of hydrogen-bond acceptors (Lipinski definition) is 5. The van der Waals surface area contributed by atoms with Crippen LogP contribution in [-0.2, 0) is 16.1 Å². The monoisotopic (exact) mass is 455 g/mol. The Hall–Kier alpha value is -2.61. The SMILES string of the molecule is COCc1c(C2CC2)nc(C2CC2)c(/C=C/C(O)CC(O)CC(=O)O)c1-c1ccc(F)cc1. The second-order valence-electron chi connectivity index (χ2n) is 9.05. The van der Waals surface area contributed by atoms with Gasteiger partial charge in [0.25, 0.3) is 0 Å². The Balaban J connectivity index is 1.79. The first-order valence-electron chi connectivity index (χ1n) is 11.4. The van der Waals surface area contributed by atoms with Gasteiger partial charge in [-0.05, 0) is 48.9 Å². The molecule has 6 nitrogen and oxygen atoms in total. The van der Waals surface area contributed by atoms with Crippen LogP contribution >= 0.6 is 0 Å². The van der Waals surface area contributed by atoms with Gasteiger partial charge in [0.05, 0.1) is 30.9 Å². The maximum absolute atomic E-state index is 13.7. The van der Waals surface area contributed by atoms with Crippen LogP contribution in [0.5, 0.6) is 0 Å². The van der Waals surface area contributed by atoms with Crippen LogP contribution in [-0.4, -0.2) is 45.6 Å². The third-order valence-corrected chi connectivity index (χ3v) is 6.16. The van der Waals surface area contributed by atoms with Gasteiger partial charge in [0.2, 0.25) is 0 Å². The molecule has 176 valence electrons. The lowest BCUT2D eigenvalue weighted by molar-refractivity contribution is -0.139. The van der Waals surface area contributed by atoms with Gasteiger partial charge in [-0.1, -0.05) is 24.3 Å². The fourth-order valence-electron chi connectivity index (χ4n) is 4.29. The number of aliphatic hydroxyl groups excluding tert-OH is 2. The number of benzene rings is 1. The number of aliphatic hydroxyl groups is 2. The van der Waals surface area contributed by atoms with E-state index in [0.717, 1.165) is 59.3 Å². The Labute approximate surface area is 192 Å². The average Bonchev–Trinajstić information content (AvgIpc) is 3.66. The Morgan fingerprint density at radius 2 is 1.79 bits per heavy atom. The van der Waals surface area contributed by atoms with E-state index < -0.39 is 24.6 Å². The fourth-order valence-corrected chi connectivity index (χ4v) is 4.29. The highest BCUT2D eigenvalue weighted by Crippen LogP contribution is 2.49. The van der Waals surface area contributed by atoms with E-state index in [2.05, 4.69) is 0 Å². The second kappa shape index (κ2) is 10.1. The summed E-state index contributed by atoms with van der Waals surface area (Å²) in [4.78, 5) is 15.9. The maximum atomic E-state index is 13.7. The fraction of sp³-hybridized carbons (Fsp3) is 0.462. The summed E-state index contributed by atoms with van der Waals surface area (Å²) in [6.07, 6.45) is 5.01. The number of hydrogen-bond donors (Lipinski definition) is 3. The van der Waals surface area contributed by atoms with E-state index in [4.69, 9.17) is 14.8 Å². The standard InChI is InChI=1S/C26H30FNO5/c1-33-14-22-24(15-6-8-18(27)9-7-15)21(11-10-19(29)12-20(30)13-23(31)32)25(16-2-3-16)28-26(22)17-4-5-17/h6-11,16-17,19-20,29-30H,2-5,12-14H2,1H3,(H,31,32)/b11-10+. The number of rotatable bonds is 11. The normalized spacial score (nSPS) is 17.9. The van der Waals surface area contributed by atoms with Gasteiger partial charge in [-0.15, -0.1) is 0 Å². The van der Waals surface area contributed by atoms with Crippen LogP contribution in [0.1, 0.15) is 72.9 Å². The number of methoxy groups -OCH3 is 1. The van der Waals surface area contributed by atoms with E-state index in [1.54, 1.807) is 25.3 Å². The van der Waals surface area contributed by atoms with E-state index in [1.807, 2.05) is 6.08 Å². The minimum atomic E-state index is -1.14. The first-order valence-corrected chi connectivity index (χ1v) is 11.4. The number of carboxylic acid groups (broad SMARTS) is 1. The lowest BCUT2D eigenvalue weighted by atomic mass is 9.89. The quantitative estimate of drug-likeness (QED) is 0.465. The van der Waals surface area contributed by atoms with Crippen molar-refractivity contribution in [2.75, 3.05) is 7.11 Å². The molecule has 0 aliphatic heterocycles. The molecule has 3 N–H and O–H groups in total. The molecule has 2 aliphatic rings. The molecule has 1 aromatic carbocycles. The Kier molecular flexibility index (Phi) is 7.22. The summed E-state index contributed by atoms with van der Waals surface area (Å²) in [6, 6.07) is 6.37. The minimum absolute atomic E-state index is 0.0774. The zero-order valence-electron chi connectivity index (χ0n) is 18.7. The lowest BCUT2D eigenvalue weighted by Gasteiger charge is -2.21. The summed E-state index contributed by atoms with van der Waals surface area (Å²) in [5.74, 6) is -0.683. The van der Waals surface area contributed by atoms with Crippen LogP contribution in [0.15, 0.2) is 30.3 Å². The first-order chi connectivity index (χ1) is 15.9. The molecular formula is C26H30FNO5. The largest absolute Gasteiger partial charge is 0.481 e. The van der Waals surface area contributed by atoms with Crippen LogP contribution in [0.3, 0.4) is 0 Å². The average molecular weight is 456 g/mol. The highest BCUT2D eigenvalue weighted by molar-refractivity contribution is 5.80. The number of carbonyl (C=O) groups is 1. The molecule has 2 saturated carbocycles. The van der Waals surface area contributed by atoms with Crippen molar-refractivity contribution < 1.29 is 29.2 Å². The molecule has 4 rings (SSSR count). The molecule has 0 amide bonds. The van der Waals surface area contributed by atoms with Crippen molar-refractivity contribution in [3.8, 4) is 11.1 Å². The molecule has 2 aromatic rings. The molecule has 0 bridgehead atoms. The molecule has 0 spiro atoms. The zero-order chi connectivity index (χ0) is 23.5. The Morgan fingerprint density at radius 1 is 1.15 bits per heavy atom. The van der Waals surface area contributed by atoms with E-state index >= 15 is 0 Å². The minimum Gasteiger partial charge on any atom is -0.481 e. The molecule has 2 aliphatic carbocycles. The third-order valence-electron chi connectivity index (χ3n) is 6.16. The van der Waals surface area contributed by atoms with E-state index in [0.29, 0.717) is 18.4 Å². The van der Waals surface area contributed by atoms with Gasteiger partial charge in [0.1, 0.15) is 5.82 Å². The maximum Gasteiger partial charge on any atom is 0.305 e. The predicted molar refractivity (Wildman–Crippen MR) is 122 cm³/mol. The second-order valence-corrected chi connectivity index (χ2v) is 9.05. The number of carboxylic acids is 1. The summed E-state index contributed by atoms with van der Waals surface area (Å²) < 4.78 is 19.2. The predicted octanol–water partition coefficient (Wildman–Crippen LogP) is 4.39. The molecule has 2 unspecified atom stereocenters. The molecule has 7 heteroatoms. The van der Waals surface area contributed by atoms with E-state index in [-0.39, 0.29) is 12.2 Å². The summed E-state index contributed by atoms with van der Waals surface area (Å²) in [6.45, 7) is 0.372. The van der Waals surface area contributed by atoms with Gasteiger partial charge >= 0.3 is 5.97 Å². The van der Waals surface area contributed by atoms with Crippen LogP contribution in [0.25, 0.3) is 17.2 Å². The Bertz CT molecular complexity index is 1030. The van der Waals surface area contributed by atoms with Gasteiger partial charge in [0.15, 0.2) is 0 Å². The van der Waals surface area contributed by atoms with Gasteiger partial charge in [-0.2, -0.15) is 0 Å². The lowest BCUT2D eigenvalue weighted by Crippen LogP contribution is -2.19. The molecule has 0 radical (unpaired) electrons. The van der Waals surface area contributed by atoms with Gasteiger partial charge < -0.3 is 20.1 Å². The molecule has 1 aromatic heterocycles. The van der Waals surface area contributed by atoms with Gasteiger partial charge in [-0.3, -0.25) is 9.78 Å². The molecular weight excluding hydrogens is 425 g/mol. The first kappa shape index (κ1) is 23.5. The summed E-state index contributed by atoms with van der Waals surface area (Å²) in [7, 11) is 1.64. The summed E-state index contributed by atoms with van der Waals surface area (Å²) in [5, 5.41) is 29.1. The topological polar surface area (TPSA) is 99.9 Å². The number of nitrogens with zero attached hydrogens (tertiary/aromatic N) is 1. The molecule has 33 heavy (non-hydrogen) atoms. The smallest absolute Gasteiger partial charge is 0.305 e. The van der Waals surface area contributed by atoms with Crippen molar-refractivity contribution in [2.45, 2.75) is 69.2 Å². The van der Waals surface area contributed by atoms with E-state index in [9.17, 15) is 19.4 Å². The number of halogens is 1. The Morgan fingerprint density at radius 3 is 2.36 bits per heavy atom. The van der Waals surface area contributed by atoms with Crippen molar-refractivity contribution in [1.29, 1.82) is 0 Å². The summed E-state index contributed by atoms with van der Waals surface area (Å²) >= 11 is 0. The summed E-state index contributed by atoms with van der Waals surface area (Å²) in [5.41, 5.74) is 5.67. The van der Waals surface area contributed by atoms with Crippen molar-refractivity contribution in [2.24, 2.45) is 0 Å². The molecule has 2 fully saturated rings. The number of pyridine rings is 1. The molecule has 1 heterocycles. The number of ether oxygens (including phenoxy) is 1. The number of aliphatic carboxylic acids is 1. The zero-order valence-corrected chi connectivity index (χ0v) is 18.7. The molecule has 2 atom stereocenters. The van der Waals surface area contributed by atoms with Crippen molar-refractivity contribution in [3.63, 3.8) is 0 Å². The highest BCUT2D eigenvalue weighted by Gasteiger charge is 2.35. The van der Waals surface area contributed by atoms with Crippen LogP contribution in [0.2, 0.25) is 0 Å². The van der Waals surface area contributed by atoms with Crippen LogP contribution < -0.4 is 0 Å². The highest BCUT2D eigenvalue weighted by atomic mass is 19.1. The van der Waals surface area contributed by atoms with E-state index in [1.165, 1.54) is 12.1 Å². The van der Waals surface area contributed by atoms with Crippen molar-refractivity contribution in [3.05, 3.63) is 58.7 Å². The van der Waals surface area contributed by atoms with Crippen molar-refractivity contribution >= 4 is 12.0 Å². The van der Waals surface area contributed by atoms with Gasteiger partial charge in [-0.25, -0.2) is 4.39 Å².